The van der Waals surface area contributed by atoms with Gasteiger partial charge in [0.2, 0.25) is 11.8 Å². The molecule has 0 saturated heterocycles. The fourth-order valence-corrected chi connectivity index (χ4v) is 3.05. The van der Waals surface area contributed by atoms with E-state index in [-0.39, 0.29) is 11.7 Å². The Morgan fingerprint density at radius 2 is 2.00 bits per heavy atom. The smallest absolute Gasteiger partial charge is 0.235 e. The summed E-state index contributed by atoms with van der Waals surface area (Å²) in [5.41, 5.74) is 7.30. The van der Waals surface area contributed by atoms with Crippen molar-refractivity contribution in [2.45, 2.75) is 25.8 Å². The van der Waals surface area contributed by atoms with E-state index in [1.807, 2.05) is 0 Å². The van der Waals surface area contributed by atoms with Crippen molar-refractivity contribution in [2.75, 3.05) is 18.2 Å². The molecular formula is C17H18N8O2. The molecule has 0 fully saturated rings. The summed E-state index contributed by atoms with van der Waals surface area (Å²) in [4.78, 5) is 29.0. The van der Waals surface area contributed by atoms with E-state index in [0.29, 0.717) is 35.3 Å². The number of nitrogens with one attached hydrogen (secondary N) is 1. The number of carbonyl (C=O) groups is 1. The van der Waals surface area contributed by atoms with Crippen LogP contribution in [0.1, 0.15) is 25.0 Å². The fourth-order valence-electron chi connectivity index (χ4n) is 3.05. The molecule has 0 atom stereocenters. The summed E-state index contributed by atoms with van der Waals surface area (Å²) in [5, 5.41) is 7.27. The molecule has 3 N–H and O–H groups in total. The minimum Gasteiger partial charge on any atom is -0.481 e. The summed E-state index contributed by atoms with van der Waals surface area (Å²) >= 11 is 0. The molecule has 0 aromatic carbocycles. The molecule has 10 heteroatoms. The van der Waals surface area contributed by atoms with E-state index in [1.54, 1.807) is 44.1 Å². The van der Waals surface area contributed by atoms with Gasteiger partial charge in [0.05, 0.1) is 24.6 Å². The third kappa shape index (κ3) is 2.75. The Balaban J connectivity index is 1.74. The van der Waals surface area contributed by atoms with E-state index < -0.39 is 5.41 Å². The maximum absolute atomic E-state index is 12.2. The average Bonchev–Trinajstić information content (AvgIpc) is 3.14. The summed E-state index contributed by atoms with van der Waals surface area (Å²) in [7, 11) is 1.56. The highest BCUT2D eigenvalue weighted by Gasteiger charge is 2.42. The average molecular weight is 366 g/mol. The molecule has 4 heterocycles. The highest BCUT2D eigenvalue weighted by atomic mass is 16.5. The van der Waals surface area contributed by atoms with E-state index in [4.69, 9.17) is 10.5 Å². The van der Waals surface area contributed by atoms with E-state index in [1.165, 1.54) is 6.33 Å². The van der Waals surface area contributed by atoms with Crippen LogP contribution < -0.4 is 15.8 Å². The largest absolute Gasteiger partial charge is 0.481 e. The van der Waals surface area contributed by atoms with Gasteiger partial charge in [0.25, 0.3) is 0 Å². The second-order valence-corrected chi connectivity index (χ2v) is 6.71. The second kappa shape index (κ2) is 6.01. The van der Waals surface area contributed by atoms with Gasteiger partial charge in [-0.1, -0.05) is 0 Å². The number of nitrogens with two attached hydrogens (primary N) is 1. The number of carbonyl (C=O) groups excluding carboxylic acids is 1. The van der Waals surface area contributed by atoms with Crippen molar-refractivity contribution in [3.63, 3.8) is 0 Å². The molecule has 1 aliphatic heterocycles. The monoisotopic (exact) mass is 366 g/mol. The molecule has 0 unspecified atom stereocenters. The van der Waals surface area contributed by atoms with Gasteiger partial charge in [-0.25, -0.2) is 24.6 Å². The molecule has 1 aliphatic rings. The van der Waals surface area contributed by atoms with E-state index >= 15 is 0 Å². The number of hydrogen-bond acceptors (Lipinski definition) is 8. The Labute approximate surface area is 154 Å². The summed E-state index contributed by atoms with van der Waals surface area (Å²) in [6.07, 6.45) is 4.87. The second-order valence-electron chi connectivity index (χ2n) is 6.71. The van der Waals surface area contributed by atoms with Crippen LogP contribution in [0.25, 0.3) is 11.5 Å². The van der Waals surface area contributed by atoms with Crippen molar-refractivity contribution < 1.29 is 9.53 Å². The minimum absolute atomic E-state index is 0.164. The molecule has 4 rings (SSSR count). The standard InChI is InChI=1S/C17H18N8O2/c1-17(2)12-13(18)21-14(22-15(12)23-16(17)26)10-4-11(27-3)25(24-10)7-9-5-19-8-20-6-9/h4-6,8H,7H2,1-3H3,(H3,18,21,22,23,26). The summed E-state index contributed by atoms with van der Waals surface area (Å²) in [5.74, 6) is 1.34. The molecule has 0 radical (unpaired) electrons. The zero-order valence-corrected chi connectivity index (χ0v) is 15.1. The number of fused-ring (bicyclic) bond motifs is 1. The molecule has 1 amide bonds. The van der Waals surface area contributed by atoms with E-state index in [9.17, 15) is 4.79 Å². The molecular weight excluding hydrogens is 348 g/mol. The van der Waals surface area contributed by atoms with Crippen LogP contribution in [0.2, 0.25) is 0 Å². The van der Waals surface area contributed by atoms with Gasteiger partial charge in [-0.2, -0.15) is 5.10 Å². The van der Waals surface area contributed by atoms with Gasteiger partial charge in [0.1, 0.15) is 23.7 Å². The molecule has 3 aromatic heterocycles. The van der Waals surface area contributed by atoms with Crippen molar-refractivity contribution in [1.29, 1.82) is 0 Å². The highest BCUT2D eigenvalue weighted by molar-refractivity contribution is 6.06. The van der Waals surface area contributed by atoms with Crippen molar-refractivity contribution >= 4 is 17.5 Å². The number of nitrogens with zero attached hydrogens (tertiary/aromatic N) is 6. The fraction of sp³-hybridized carbons (Fsp3) is 0.294. The van der Waals surface area contributed by atoms with Crippen LogP contribution in [0.4, 0.5) is 11.6 Å². The van der Waals surface area contributed by atoms with E-state index in [0.717, 1.165) is 5.56 Å². The molecule has 10 nitrogen and oxygen atoms in total. The first kappa shape index (κ1) is 16.9. The zero-order chi connectivity index (χ0) is 19.2. The van der Waals surface area contributed by atoms with Gasteiger partial charge in [-0.3, -0.25) is 4.79 Å². The van der Waals surface area contributed by atoms with Crippen LogP contribution >= 0.6 is 0 Å². The number of ether oxygens (including phenoxy) is 1. The number of hydrogen-bond donors (Lipinski definition) is 2. The first-order chi connectivity index (χ1) is 12.9. The lowest BCUT2D eigenvalue weighted by atomic mass is 9.87. The van der Waals surface area contributed by atoms with Crippen LogP contribution in [0.5, 0.6) is 5.88 Å². The SMILES string of the molecule is COc1cc(-c2nc(N)c3c(n2)NC(=O)C3(C)C)nn1Cc1cncnc1. The molecule has 0 bridgehead atoms. The van der Waals surface area contributed by atoms with Gasteiger partial charge >= 0.3 is 0 Å². The van der Waals surface area contributed by atoms with Crippen LogP contribution in [0.15, 0.2) is 24.8 Å². The Morgan fingerprint density at radius 1 is 1.26 bits per heavy atom. The predicted molar refractivity (Wildman–Crippen MR) is 97.0 cm³/mol. The van der Waals surface area contributed by atoms with Crippen LogP contribution in [0.3, 0.4) is 0 Å². The lowest BCUT2D eigenvalue weighted by molar-refractivity contribution is -0.119. The van der Waals surface area contributed by atoms with Gasteiger partial charge in [-0.05, 0) is 13.8 Å². The predicted octanol–water partition coefficient (Wildman–Crippen LogP) is 0.999. The number of nitrogen functional groups attached to an aromatic ring is 1. The Hall–Kier alpha value is -3.56. The van der Waals surface area contributed by atoms with Crippen molar-refractivity contribution in [3.05, 3.63) is 35.9 Å². The molecule has 0 spiro atoms. The number of amides is 1. The van der Waals surface area contributed by atoms with Crippen molar-refractivity contribution in [1.82, 2.24) is 29.7 Å². The molecule has 27 heavy (non-hydrogen) atoms. The topological polar surface area (TPSA) is 134 Å². The third-order valence-corrected chi connectivity index (χ3v) is 4.49. The number of anilines is 2. The van der Waals surface area contributed by atoms with Gasteiger partial charge in [0, 0.05) is 24.0 Å². The molecule has 0 saturated carbocycles. The lowest BCUT2D eigenvalue weighted by Crippen LogP contribution is -2.27. The van der Waals surface area contributed by atoms with Gasteiger partial charge in [0.15, 0.2) is 5.82 Å². The maximum Gasteiger partial charge on any atom is 0.235 e. The molecule has 138 valence electrons. The van der Waals surface area contributed by atoms with E-state index in [2.05, 4.69) is 30.4 Å². The molecule has 3 aromatic rings. The highest BCUT2D eigenvalue weighted by Crippen LogP contribution is 2.40. The first-order valence-electron chi connectivity index (χ1n) is 8.25. The third-order valence-electron chi connectivity index (χ3n) is 4.49. The number of rotatable bonds is 4. The minimum atomic E-state index is -0.775. The van der Waals surface area contributed by atoms with Crippen LogP contribution in [-0.2, 0) is 16.8 Å². The zero-order valence-electron chi connectivity index (χ0n) is 15.1. The summed E-state index contributed by atoms with van der Waals surface area (Å²) in [6.45, 7) is 3.99. The van der Waals surface area contributed by atoms with Crippen molar-refractivity contribution in [2.24, 2.45) is 0 Å². The summed E-state index contributed by atoms with van der Waals surface area (Å²) < 4.78 is 7.05. The number of aromatic nitrogens is 6. The molecule has 0 aliphatic carbocycles. The van der Waals surface area contributed by atoms with Gasteiger partial charge in [-0.15, -0.1) is 0 Å². The van der Waals surface area contributed by atoms with Crippen molar-refractivity contribution in [3.8, 4) is 17.4 Å². The number of methoxy groups -OCH3 is 1. The Morgan fingerprint density at radius 3 is 2.70 bits per heavy atom. The Bertz CT molecular complexity index is 1030. The van der Waals surface area contributed by atoms with Gasteiger partial charge < -0.3 is 15.8 Å². The Kier molecular flexibility index (Phi) is 3.76. The van der Waals surface area contributed by atoms with Crippen LogP contribution in [-0.4, -0.2) is 42.7 Å². The maximum atomic E-state index is 12.2. The van der Waals surface area contributed by atoms with Crippen LogP contribution in [0, 0.1) is 0 Å². The summed E-state index contributed by atoms with van der Waals surface area (Å²) in [6, 6.07) is 1.72. The normalized spacial score (nSPS) is 14.7. The first-order valence-corrected chi connectivity index (χ1v) is 8.25. The quantitative estimate of drug-likeness (QED) is 0.698. The lowest BCUT2D eigenvalue weighted by Gasteiger charge is -2.15.